The van der Waals surface area contributed by atoms with Gasteiger partial charge in [0.2, 0.25) is 0 Å². The molecule has 102 valence electrons. The lowest BCUT2D eigenvalue weighted by molar-refractivity contribution is 0.102. The number of amides is 1. The van der Waals surface area contributed by atoms with E-state index in [4.69, 9.17) is 5.11 Å². The minimum absolute atomic E-state index is 0.151. The first-order valence-corrected chi connectivity index (χ1v) is 6.91. The Morgan fingerprint density at radius 1 is 1.45 bits per heavy atom. The van der Waals surface area contributed by atoms with Gasteiger partial charge in [0.05, 0.1) is 11.2 Å². The van der Waals surface area contributed by atoms with Crippen LogP contribution in [0.2, 0.25) is 0 Å². The van der Waals surface area contributed by atoms with Crippen LogP contribution >= 0.6 is 11.3 Å². The number of anilines is 1. The summed E-state index contributed by atoms with van der Waals surface area (Å²) in [5.74, 6) is 5.27. The summed E-state index contributed by atoms with van der Waals surface area (Å²) in [6.07, 6.45) is 0. The van der Waals surface area contributed by atoms with E-state index in [2.05, 4.69) is 22.1 Å². The third-order valence-electron chi connectivity index (χ3n) is 2.74. The van der Waals surface area contributed by atoms with Crippen molar-refractivity contribution < 1.29 is 9.90 Å². The van der Waals surface area contributed by atoms with Gasteiger partial charge in [0.1, 0.15) is 11.5 Å². The Labute approximate surface area is 121 Å². The van der Waals surface area contributed by atoms with E-state index in [0.717, 1.165) is 22.5 Å². The zero-order valence-corrected chi connectivity index (χ0v) is 12.0. The normalized spacial score (nSPS) is 9.75. The van der Waals surface area contributed by atoms with Crippen LogP contribution in [0.5, 0.6) is 0 Å². The average Bonchev–Trinajstić information content (AvgIpc) is 2.85. The number of hydrogen-bond acceptors (Lipinski definition) is 4. The van der Waals surface area contributed by atoms with E-state index in [-0.39, 0.29) is 12.5 Å². The summed E-state index contributed by atoms with van der Waals surface area (Å²) >= 11 is 1.32. The molecule has 2 rings (SSSR count). The quantitative estimate of drug-likeness (QED) is 0.833. The van der Waals surface area contributed by atoms with Gasteiger partial charge in [-0.15, -0.1) is 11.3 Å². The molecule has 20 heavy (non-hydrogen) atoms. The lowest BCUT2D eigenvalue weighted by atomic mass is 10.1. The summed E-state index contributed by atoms with van der Waals surface area (Å²) < 4.78 is 0. The number of nitrogens with zero attached hydrogens (tertiary/aromatic N) is 1. The van der Waals surface area contributed by atoms with E-state index >= 15 is 0 Å². The van der Waals surface area contributed by atoms with Gasteiger partial charge in [0, 0.05) is 11.3 Å². The summed E-state index contributed by atoms with van der Waals surface area (Å²) in [4.78, 5) is 16.8. The van der Waals surface area contributed by atoms with Crippen molar-refractivity contribution in [3.63, 3.8) is 0 Å². The second-order valence-corrected chi connectivity index (χ2v) is 5.07. The van der Waals surface area contributed by atoms with Crippen LogP contribution in [0, 0.1) is 25.7 Å². The first-order valence-electron chi connectivity index (χ1n) is 6.03. The Morgan fingerprint density at radius 2 is 2.25 bits per heavy atom. The van der Waals surface area contributed by atoms with Gasteiger partial charge in [-0.2, -0.15) is 0 Å². The highest BCUT2D eigenvalue weighted by Gasteiger charge is 2.12. The maximum atomic E-state index is 12.1. The molecule has 0 aliphatic carbocycles. The van der Waals surface area contributed by atoms with Gasteiger partial charge in [-0.25, -0.2) is 4.98 Å². The number of thiazole rings is 1. The van der Waals surface area contributed by atoms with Crippen molar-refractivity contribution in [2.45, 2.75) is 13.8 Å². The lowest BCUT2D eigenvalue weighted by Crippen LogP contribution is -2.12. The van der Waals surface area contributed by atoms with E-state index in [9.17, 15) is 4.79 Å². The molecule has 0 aliphatic heterocycles. The van der Waals surface area contributed by atoms with E-state index in [1.54, 1.807) is 5.51 Å². The third-order valence-corrected chi connectivity index (χ3v) is 3.67. The molecule has 0 saturated heterocycles. The highest BCUT2D eigenvalue weighted by molar-refractivity contribution is 7.12. The lowest BCUT2D eigenvalue weighted by Gasteiger charge is -2.08. The SMILES string of the molecule is Cc1cc(C#CCO)ccc1NC(=O)c1scnc1C. The third kappa shape index (κ3) is 3.23. The van der Waals surface area contributed by atoms with Gasteiger partial charge in [-0.05, 0) is 37.6 Å². The Balaban J connectivity index is 2.18. The van der Waals surface area contributed by atoms with E-state index in [1.165, 1.54) is 11.3 Å². The van der Waals surface area contributed by atoms with Crippen molar-refractivity contribution in [1.82, 2.24) is 4.98 Å². The van der Waals surface area contributed by atoms with Crippen LogP contribution in [0.25, 0.3) is 0 Å². The number of aryl methyl sites for hydroxylation is 2. The van der Waals surface area contributed by atoms with Gasteiger partial charge in [-0.3, -0.25) is 4.79 Å². The highest BCUT2D eigenvalue weighted by atomic mass is 32.1. The second-order valence-electron chi connectivity index (χ2n) is 4.21. The van der Waals surface area contributed by atoms with Gasteiger partial charge >= 0.3 is 0 Å². The van der Waals surface area contributed by atoms with Crippen LogP contribution < -0.4 is 5.32 Å². The molecular weight excluding hydrogens is 272 g/mol. The van der Waals surface area contributed by atoms with Crippen LogP contribution in [0.1, 0.15) is 26.5 Å². The van der Waals surface area contributed by atoms with Crippen LogP contribution in [-0.4, -0.2) is 22.6 Å². The molecule has 1 amide bonds. The molecule has 1 aromatic heterocycles. The van der Waals surface area contributed by atoms with Crippen molar-refractivity contribution in [1.29, 1.82) is 0 Å². The van der Waals surface area contributed by atoms with Crippen molar-refractivity contribution in [3.8, 4) is 11.8 Å². The largest absolute Gasteiger partial charge is 0.384 e. The topological polar surface area (TPSA) is 62.2 Å². The number of aliphatic hydroxyl groups is 1. The van der Waals surface area contributed by atoms with E-state index in [1.807, 2.05) is 32.0 Å². The predicted octanol–water partition coefficient (Wildman–Crippen LogP) is 2.36. The number of carbonyl (C=O) groups is 1. The monoisotopic (exact) mass is 286 g/mol. The standard InChI is InChI=1S/C15H14N2O2S/c1-10-8-12(4-3-7-18)5-6-13(10)17-15(19)14-11(2)16-9-20-14/h5-6,8-9,18H,7H2,1-2H3,(H,17,19). The van der Waals surface area contributed by atoms with E-state index < -0.39 is 0 Å². The maximum Gasteiger partial charge on any atom is 0.267 e. The zero-order chi connectivity index (χ0) is 14.5. The summed E-state index contributed by atoms with van der Waals surface area (Å²) in [6, 6.07) is 5.49. The average molecular weight is 286 g/mol. The first-order chi connectivity index (χ1) is 9.61. The molecular formula is C15H14N2O2S. The molecule has 0 aliphatic rings. The van der Waals surface area contributed by atoms with E-state index in [0.29, 0.717) is 4.88 Å². The van der Waals surface area contributed by atoms with Gasteiger partial charge in [0.15, 0.2) is 0 Å². The minimum Gasteiger partial charge on any atom is -0.384 e. The Morgan fingerprint density at radius 3 is 2.85 bits per heavy atom. The summed E-state index contributed by atoms with van der Waals surface area (Å²) in [5.41, 5.74) is 4.87. The van der Waals surface area contributed by atoms with Crippen LogP contribution in [0.3, 0.4) is 0 Å². The Bertz CT molecular complexity index is 695. The maximum absolute atomic E-state index is 12.1. The summed E-state index contributed by atoms with van der Waals surface area (Å²) in [6.45, 7) is 3.55. The molecule has 5 heteroatoms. The van der Waals surface area contributed by atoms with Crippen molar-refractivity contribution in [2.24, 2.45) is 0 Å². The van der Waals surface area contributed by atoms with Crippen LogP contribution in [0.4, 0.5) is 5.69 Å². The highest BCUT2D eigenvalue weighted by Crippen LogP contribution is 2.19. The number of carbonyl (C=O) groups excluding carboxylic acids is 1. The molecule has 0 spiro atoms. The molecule has 0 atom stereocenters. The molecule has 1 heterocycles. The number of rotatable bonds is 2. The van der Waals surface area contributed by atoms with Gasteiger partial charge in [-0.1, -0.05) is 11.8 Å². The number of benzene rings is 1. The Kier molecular flexibility index (Phi) is 4.51. The molecule has 1 aromatic carbocycles. The molecule has 4 nitrogen and oxygen atoms in total. The molecule has 0 saturated carbocycles. The van der Waals surface area contributed by atoms with Crippen molar-refractivity contribution in [3.05, 3.63) is 45.4 Å². The van der Waals surface area contributed by atoms with Gasteiger partial charge < -0.3 is 10.4 Å². The fourth-order valence-electron chi connectivity index (χ4n) is 1.72. The van der Waals surface area contributed by atoms with Crippen molar-refractivity contribution in [2.75, 3.05) is 11.9 Å². The molecule has 0 fully saturated rings. The first kappa shape index (κ1) is 14.3. The van der Waals surface area contributed by atoms with Crippen LogP contribution in [-0.2, 0) is 0 Å². The molecule has 2 N–H and O–H groups in total. The molecule has 0 radical (unpaired) electrons. The number of aromatic nitrogens is 1. The minimum atomic E-state index is -0.164. The zero-order valence-electron chi connectivity index (χ0n) is 11.2. The molecule has 2 aromatic rings. The fraction of sp³-hybridized carbons (Fsp3) is 0.200. The number of hydrogen-bond donors (Lipinski definition) is 2. The summed E-state index contributed by atoms with van der Waals surface area (Å²) in [5, 5.41) is 11.5. The van der Waals surface area contributed by atoms with Crippen LogP contribution in [0.15, 0.2) is 23.7 Å². The summed E-state index contributed by atoms with van der Waals surface area (Å²) in [7, 11) is 0. The Hall–Kier alpha value is -2.16. The number of aliphatic hydroxyl groups excluding tert-OH is 1. The molecule has 0 bridgehead atoms. The predicted molar refractivity (Wildman–Crippen MR) is 79.9 cm³/mol. The smallest absolute Gasteiger partial charge is 0.267 e. The number of nitrogens with one attached hydrogen (secondary N) is 1. The molecule has 0 unspecified atom stereocenters. The second kappa shape index (κ2) is 6.33. The fourth-order valence-corrected chi connectivity index (χ4v) is 2.42. The van der Waals surface area contributed by atoms with Gasteiger partial charge in [0.25, 0.3) is 5.91 Å². The van der Waals surface area contributed by atoms with Crippen molar-refractivity contribution >= 4 is 22.9 Å².